The molecule has 38 heavy (non-hydrogen) atoms. The molecule has 2 aliphatic heterocycles. The molecular weight excluding hydrogens is 476 g/mol. The number of amides is 1. The highest BCUT2D eigenvalue weighted by molar-refractivity contribution is 6.51. The molecule has 196 valence electrons. The van der Waals surface area contributed by atoms with Crippen molar-refractivity contribution in [1.29, 1.82) is 0 Å². The van der Waals surface area contributed by atoms with Crippen LogP contribution in [0.4, 0.5) is 11.4 Å². The quantitative estimate of drug-likeness (QED) is 0.247. The molecule has 6 heteroatoms. The van der Waals surface area contributed by atoms with Gasteiger partial charge in [0.05, 0.1) is 11.6 Å². The van der Waals surface area contributed by atoms with Crippen molar-refractivity contribution in [3.05, 3.63) is 94.1 Å². The zero-order chi connectivity index (χ0) is 27.1. The predicted octanol–water partition coefficient (Wildman–Crippen LogP) is 6.10. The van der Waals surface area contributed by atoms with Crippen molar-refractivity contribution in [3.63, 3.8) is 0 Å². The summed E-state index contributed by atoms with van der Waals surface area (Å²) in [6.07, 6.45) is 0.783. The molecule has 1 saturated heterocycles. The number of aliphatic hydroxyl groups excluding tert-OH is 1. The molecule has 3 aromatic carbocycles. The van der Waals surface area contributed by atoms with E-state index in [1.165, 1.54) is 4.90 Å². The lowest BCUT2D eigenvalue weighted by Gasteiger charge is -2.27. The largest absolute Gasteiger partial charge is 0.507 e. The number of aliphatic hydroxyl groups is 1. The maximum absolute atomic E-state index is 13.6. The molecule has 5 rings (SSSR count). The first-order chi connectivity index (χ1) is 18.2. The standard InChI is InChI=1S/C32H34N2O4/c1-6-33(7-2)25-11-8-22(9-12-25)29-28(30(35)23-10-13-27-24(18-23)17-21(5)38-27)31(36)32(37)34(29)26-15-19(3)14-20(4)16-26/h8-16,18,21,29,35H,6-7,17H2,1-5H3/b30-28-. The van der Waals surface area contributed by atoms with Crippen LogP contribution < -0.4 is 14.5 Å². The van der Waals surface area contributed by atoms with Crippen LogP contribution in [0, 0.1) is 13.8 Å². The third-order valence-electron chi connectivity index (χ3n) is 7.44. The van der Waals surface area contributed by atoms with E-state index in [2.05, 4.69) is 18.7 Å². The Kier molecular flexibility index (Phi) is 6.74. The number of carbonyl (C=O) groups excluding carboxylic acids is 2. The van der Waals surface area contributed by atoms with Crippen molar-refractivity contribution in [2.45, 2.75) is 53.2 Å². The van der Waals surface area contributed by atoms with E-state index in [1.54, 1.807) is 6.07 Å². The highest BCUT2D eigenvalue weighted by atomic mass is 16.5. The van der Waals surface area contributed by atoms with Crippen molar-refractivity contribution < 1.29 is 19.4 Å². The SMILES string of the molecule is CCN(CC)c1ccc(C2/C(=C(/O)c3ccc4c(c3)CC(C)O4)C(=O)C(=O)N2c2cc(C)cc(C)c2)cc1. The molecule has 0 saturated carbocycles. The third kappa shape index (κ3) is 4.44. The molecule has 0 radical (unpaired) electrons. The van der Waals surface area contributed by atoms with Crippen LogP contribution in [0.3, 0.4) is 0 Å². The predicted molar refractivity (Wildman–Crippen MR) is 151 cm³/mol. The number of hydrogen-bond acceptors (Lipinski definition) is 5. The van der Waals surface area contributed by atoms with Crippen molar-refractivity contribution in [3.8, 4) is 5.75 Å². The Bertz CT molecular complexity index is 1420. The summed E-state index contributed by atoms with van der Waals surface area (Å²) in [5.41, 5.74) is 6.02. The summed E-state index contributed by atoms with van der Waals surface area (Å²) in [6.45, 7) is 11.9. The molecule has 2 aliphatic rings. The average molecular weight is 511 g/mol. The number of anilines is 2. The molecule has 2 heterocycles. The van der Waals surface area contributed by atoms with Crippen molar-refractivity contribution >= 4 is 28.8 Å². The number of ketones is 1. The van der Waals surface area contributed by atoms with Crippen LogP contribution in [-0.4, -0.2) is 36.0 Å². The molecule has 2 atom stereocenters. The summed E-state index contributed by atoms with van der Waals surface area (Å²) in [5.74, 6) is -0.722. The minimum absolute atomic E-state index is 0.0573. The van der Waals surface area contributed by atoms with Crippen LogP contribution in [0.15, 0.2) is 66.2 Å². The van der Waals surface area contributed by atoms with Gasteiger partial charge in [-0.15, -0.1) is 0 Å². The highest BCUT2D eigenvalue weighted by Crippen LogP contribution is 2.43. The molecule has 0 aromatic heterocycles. The number of Topliss-reactive ketones (excluding diaryl/α,β-unsaturated/α-hetero) is 1. The molecule has 6 nitrogen and oxygen atoms in total. The molecule has 0 aliphatic carbocycles. The van der Waals surface area contributed by atoms with E-state index >= 15 is 0 Å². The molecule has 0 spiro atoms. The Morgan fingerprint density at radius 1 is 0.974 bits per heavy atom. The maximum atomic E-state index is 13.6. The van der Waals surface area contributed by atoms with E-state index in [1.807, 2.05) is 75.4 Å². The second kappa shape index (κ2) is 10.0. The summed E-state index contributed by atoms with van der Waals surface area (Å²) in [4.78, 5) is 30.9. The van der Waals surface area contributed by atoms with Gasteiger partial charge in [0.2, 0.25) is 0 Å². The van der Waals surface area contributed by atoms with Gasteiger partial charge in [-0.1, -0.05) is 18.2 Å². The summed E-state index contributed by atoms with van der Waals surface area (Å²) in [6, 6.07) is 18.4. The first kappa shape index (κ1) is 25.6. The van der Waals surface area contributed by atoms with E-state index in [0.29, 0.717) is 11.3 Å². The van der Waals surface area contributed by atoms with Crippen molar-refractivity contribution in [2.75, 3.05) is 22.9 Å². The van der Waals surface area contributed by atoms with Crippen LogP contribution in [0.2, 0.25) is 0 Å². The Balaban J connectivity index is 1.67. The van der Waals surface area contributed by atoms with Crippen molar-refractivity contribution in [2.24, 2.45) is 0 Å². The fourth-order valence-corrected chi connectivity index (χ4v) is 5.68. The Labute approximate surface area is 224 Å². The topological polar surface area (TPSA) is 70.1 Å². The summed E-state index contributed by atoms with van der Waals surface area (Å²) >= 11 is 0. The van der Waals surface area contributed by atoms with E-state index in [0.717, 1.165) is 53.2 Å². The van der Waals surface area contributed by atoms with Gasteiger partial charge < -0.3 is 14.7 Å². The summed E-state index contributed by atoms with van der Waals surface area (Å²) in [7, 11) is 0. The first-order valence-corrected chi connectivity index (χ1v) is 13.3. The fourth-order valence-electron chi connectivity index (χ4n) is 5.68. The summed E-state index contributed by atoms with van der Waals surface area (Å²) in [5, 5.41) is 11.6. The summed E-state index contributed by atoms with van der Waals surface area (Å²) < 4.78 is 5.81. The van der Waals surface area contributed by atoms with Crippen LogP contribution in [0.1, 0.15) is 54.6 Å². The molecule has 0 bridgehead atoms. The minimum Gasteiger partial charge on any atom is -0.507 e. The second-order valence-electron chi connectivity index (χ2n) is 10.2. The second-order valence-corrected chi connectivity index (χ2v) is 10.2. The smallest absolute Gasteiger partial charge is 0.300 e. The van der Waals surface area contributed by atoms with Gasteiger partial charge in [-0.25, -0.2) is 0 Å². The number of aryl methyl sites for hydroxylation is 2. The van der Waals surface area contributed by atoms with E-state index < -0.39 is 17.7 Å². The van der Waals surface area contributed by atoms with Crippen molar-refractivity contribution in [1.82, 2.24) is 0 Å². The molecule has 2 unspecified atom stereocenters. The lowest BCUT2D eigenvalue weighted by molar-refractivity contribution is -0.132. The van der Waals surface area contributed by atoms with E-state index in [4.69, 9.17) is 4.74 Å². The first-order valence-electron chi connectivity index (χ1n) is 13.3. The monoisotopic (exact) mass is 510 g/mol. The Morgan fingerprint density at radius 3 is 2.26 bits per heavy atom. The highest BCUT2D eigenvalue weighted by Gasteiger charge is 2.47. The fraction of sp³-hybridized carbons (Fsp3) is 0.312. The number of benzene rings is 3. The van der Waals surface area contributed by atoms with Crippen LogP contribution in [0.5, 0.6) is 5.75 Å². The number of fused-ring (bicyclic) bond motifs is 1. The van der Waals surface area contributed by atoms with Gasteiger partial charge in [0, 0.05) is 36.4 Å². The average Bonchev–Trinajstić information content (AvgIpc) is 3.39. The zero-order valence-corrected chi connectivity index (χ0v) is 22.6. The number of hydrogen-bond donors (Lipinski definition) is 1. The molecule has 1 N–H and O–H groups in total. The maximum Gasteiger partial charge on any atom is 0.300 e. The number of carbonyl (C=O) groups is 2. The van der Waals surface area contributed by atoms with Crippen LogP contribution in [0.25, 0.3) is 5.76 Å². The lowest BCUT2D eigenvalue weighted by Crippen LogP contribution is -2.29. The van der Waals surface area contributed by atoms with E-state index in [9.17, 15) is 14.7 Å². The number of rotatable bonds is 6. The van der Waals surface area contributed by atoms with Gasteiger partial charge in [0.1, 0.15) is 17.6 Å². The van der Waals surface area contributed by atoms with Gasteiger partial charge >= 0.3 is 0 Å². The zero-order valence-electron chi connectivity index (χ0n) is 22.6. The molecule has 1 fully saturated rings. The van der Waals surface area contributed by atoms with Gasteiger partial charge in [-0.3, -0.25) is 14.5 Å². The van der Waals surface area contributed by atoms with Crippen LogP contribution >= 0.6 is 0 Å². The molecule has 1 amide bonds. The van der Waals surface area contributed by atoms with E-state index in [-0.39, 0.29) is 17.4 Å². The van der Waals surface area contributed by atoms with Gasteiger partial charge in [0.15, 0.2) is 0 Å². The Morgan fingerprint density at radius 2 is 1.63 bits per heavy atom. The molecule has 3 aromatic rings. The van der Waals surface area contributed by atoms with Gasteiger partial charge in [0.25, 0.3) is 11.7 Å². The number of nitrogens with zero attached hydrogens (tertiary/aromatic N) is 2. The minimum atomic E-state index is -0.759. The van der Waals surface area contributed by atoms with Crippen LogP contribution in [-0.2, 0) is 16.0 Å². The normalized spacial score (nSPS) is 20.0. The van der Waals surface area contributed by atoms with Gasteiger partial charge in [-0.2, -0.15) is 0 Å². The molecular formula is C32H34N2O4. The lowest BCUT2D eigenvalue weighted by atomic mass is 9.94. The van der Waals surface area contributed by atoms with Gasteiger partial charge in [-0.05, 0) is 99.3 Å². The third-order valence-corrected chi connectivity index (χ3v) is 7.44. The number of ether oxygens (including phenoxy) is 1. The Hall–Kier alpha value is -4.06.